The third kappa shape index (κ3) is 5.18. The van der Waals surface area contributed by atoms with Gasteiger partial charge in [0.2, 0.25) is 0 Å². The number of aromatic nitrogens is 1. The van der Waals surface area contributed by atoms with Gasteiger partial charge in [-0.05, 0) is 59.5 Å². The summed E-state index contributed by atoms with van der Waals surface area (Å²) in [6.07, 6.45) is 2.20. The number of rotatable bonds is 7. The molecule has 0 unspecified atom stereocenters. The van der Waals surface area contributed by atoms with Gasteiger partial charge in [0, 0.05) is 31.4 Å². The molecule has 0 radical (unpaired) electrons. The molecule has 4 aromatic rings. The normalized spacial score (nSPS) is 10.6. The van der Waals surface area contributed by atoms with Gasteiger partial charge in [-0.1, -0.05) is 42.5 Å². The average molecular weight is 440 g/mol. The molecule has 2 amide bonds. The van der Waals surface area contributed by atoms with Crippen LogP contribution in [0.3, 0.4) is 0 Å². The number of benzene rings is 3. The molecular weight excluding hydrogens is 414 g/mol. The van der Waals surface area contributed by atoms with Crippen LogP contribution in [-0.2, 0) is 6.42 Å². The van der Waals surface area contributed by atoms with Crippen LogP contribution in [0.5, 0.6) is 11.5 Å². The number of nitrogens with zero attached hydrogens (tertiary/aromatic N) is 1. The number of aryl methyl sites for hydroxylation is 1. The molecule has 0 spiro atoms. The highest BCUT2D eigenvalue weighted by Gasteiger charge is 2.11. The predicted octanol–water partition coefficient (Wildman–Crippen LogP) is 4.67. The van der Waals surface area contributed by atoms with Crippen LogP contribution < -0.4 is 15.4 Å². The van der Waals surface area contributed by atoms with E-state index in [4.69, 9.17) is 4.74 Å². The molecule has 0 aliphatic rings. The molecule has 6 nitrogen and oxygen atoms in total. The van der Waals surface area contributed by atoms with Crippen LogP contribution in [0.25, 0.3) is 10.8 Å². The minimum atomic E-state index is -0.272. The predicted molar refractivity (Wildman–Crippen MR) is 129 cm³/mol. The standard InChI is InChI=1S/C27H25N3O3/c1-18-10-11-24(23-9-4-3-8-22(18)23)26(31)30-14-12-19-6-5-7-20(16-19)33-21-13-15-29-25(17-21)27(32)28-2/h3-11,13,15-17H,12,14H2,1-2H3,(H,28,32)(H,30,31). The fraction of sp³-hybridized carbons (Fsp3) is 0.148. The molecule has 0 aliphatic carbocycles. The van der Waals surface area contributed by atoms with E-state index in [-0.39, 0.29) is 17.5 Å². The number of pyridine rings is 1. The topological polar surface area (TPSA) is 80.3 Å². The van der Waals surface area contributed by atoms with Crippen molar-refractivity contribution in [3.05, 3.63) is 101 Å². The largest absolute Gasteiger partial charge is 0.457 e. The monoisotopic (exact) mass is 439 g/mol. The molecule has 4 rings (SSSR count). The number of carbonyl (C=O) groups excluding carboxylic acids is 2. The SMILES string of the molecule is CNC(=O)c1cc(Oc2cccc(CCNC(=O)c3ccc(C)c4ccccc34)c2)ccn1. The number of ether oxygens (including phenoxy) is 1. The maximum absolute atomic E-state index is 12.8. The molecule has 1 aromatic heterocycles. The Morgan fingerprint density at radius 2 is 1.67 bits per heavy atom. The Morgan fingerprint density at radius 1 is 0.879 bits per heavy atom. The second-order valence-electron chi connectivity index (χ2n) is 7.69. The van der Waals surface area contributed by atoms with Gasteiger partial charge in [0.05, 0.1) is 0 Å². The van der Waals surface area contributed by atoms with Crippen LogP contribution in [0.15, 0.2) is 79.0 Å². The molecule has 0 saturated heterocycles. The summed E-state index contributed by atoms with van der Waals surface area (Å²) < 4.78 is 5.90. The average Bonchev–Trinajstić information content (AvgIpc) is 2.84. The van der Waals surface area contributed by atoms with Gasteiger partial charge in [0.25, 0.3) is 11.8 Å². The molecule has 0 atom stereocenters. The summed E-state index contributed by atoms with van der Waals surface area (Å²) in [6.45, 7) is 2.55. The molecule has 0 saturated carbocycles. The summed E-state index contributed by atoms with van der Waals surface area (Å²) in [7, 11) is 1.56. The van der Waals surface area contributed by atoms with E-state index in [1.165, 1.54) is 6.20 Å². The first kappa shape index (κ1) is 22.0. The number of carbonyl (C=O) groups is 2. The van der Waals surface area contributed by atoms with Gasteiger partial charge in [-0.3, -0.25) is 14.6 Å². The fourth-order valence-electron chi connectivity index (χ4n) is 3.69. The fourth-order valence-corrected chi connectivity index (χ4v) is 3.69. The zero-order valence-electron chi connectivity index (χ0n) is 18.6. The van der Waals surface area contributed by atoms with E-state index >= 15 is 0 Å². The van der Waals surface area contributed by atoms with Crippen LogP contribution in [0.1, 0.15) is 32.0 Å². The summed E-state index contributed by atoms with van der Waals surface area (Å²) >= 11 is 0. The summed E-state index contributed by atoms with van der Waals surface area (Å²) in [5, 5.41) is 7.61. The number of hydrogen-bond donors (Lipinski definition) is 2. The second kappa shape index (κ2) is 9.96. The van der Waals surface area contributed by atoms with Crippen molar-refractivity contribution in [2.45, 2.75) is 13.3 Å². The lowest BCUT2D eigenvalue weighted by Crippen LogP contribution is -2.25. The zero-order valence-corrected chi connectivity index (χ0v) is 18.6. The van der Waals surface area contributed by atoms with Crippen LogP contribution in [0.4, 0.5) is 0 Å². The van der Waals surface area contributed by atoms with Crippen molar-refractivity contribution in [1.82, 2.24) is 15.6 Å². The first-order valence-electron chi connectivity index (χ1n) is 10.8. The lowest BCUT2D eigenvalue weighted by atomic mass is 10.00. The lowest BCUT2D eigenvalue weighted by molar-refractivity contribution is 0.0948. The molecule has 0 bridgehead atoms. The van der Waals surface area contributed by atoms with Crippen molar-refractivity contribution in [1.29, 1.82) is 0 Å². The van der Waals surface area contributed by atoms with E-state index in [1.807, 2.05) is 67.6 Å². The number of fused-ring (bicyclic) bond motifs is 1. The molecule has 0 aliphatic heterocycles. The van der Waals surface area contributed by atoms with E-state index in [1.54, 1.807) is 19.2 Å². The molecule has 33 heavy (non-hydrogen) atoms. The summed E-state index contributed by atoms with van der Waals surface area (Å²) in [5.74, 6) is 0.820. The lowest BCUT2D eigenvalue weighted by Gasteiger charge is -2.11. The number of hydrogen-bond acceptors (Lipinski definition) is 4. The number of amides is 2. The highest BCUT2D eigenvalue weighted by molar-refractivity contribution is 6.07. The minimum absolute atomic E-state index is 0.0860. The van der Waals surface area contributed by atoms with E-state index < -0.39 is 0 Å². The maximum Gasteiger partial charge on any atom is 0.269 e. The van der Waals surface area contributed by atoms with Crippen LogP contribution >= 0.6 is 0 Å². The molecule has 3 aromatic carbocycles. The van der Waals surface area contributed by atoms with E-state index in [0.717, 1.165) is 21.9 Å². The maximum atomic E-state index is 12.8. The first-order chi connectivity index (χ1) is 16.0. The van der Waals surface area contributed by atoms with Gasteiger partial charge < -0.3 is 15.4 Å². The highest BCUT2D eigenvalue weighted by atomic mass is 16.5. The van der Waals surface area contributed by atoms with Crippen molar-refractivity contribution in [3.63, 3.8) is 0 Å². The quantitative estimate of drug-likeness (QED) is 0.439. The molecule has 166 valence electrons. The summed E-state index contributed by atoms with van der Waals surface area (Å²) in [5.41, 5.74) is 3.15. The number of nitrogens with one attached hydrogen (secondary N) is 2. The van der Waals surface area contributed by atoms with Crippen molar-refractivity contribution < 1.29 is 14.3 Å². The van der Waals surface area contributed by atoms with Crippen LogP contribution in [-0.4, -0.2) is 30.4 Å². The zero-order chi connectivity index (χ0) is 23.2. The van der Waals surface area contributed by atoms with Gasteiger partial charge in [0.1, 0.15) is 17.2 Å². The Hall–Kier alpha value is -4.19. The van der Waals surface area contributed by atoms with Crippen molar-refractivity contribution >= 4 is 22.6 Å². The van der Waals surface area contributed by atoms with Crippen molar-refractivity contribution in [2.75, 3.05) is 13.6 Å². The van der Waals surface area contributed by atoms with Gasteiger partial charge in [-0.25, -0.2) is 0 Å². The van der Waals surface area contributed by atoms with Crippen LogP contribution in [0, 0.1) is 6.92 Å². The van der Waals surface area contributed by atoms with Gasteiger partial charge >= 0.3 is 0 Å². The van der Waals surface area contributed by atoms with E-state index in [2.05, 4.69) is 15.6 Å². The van der Waals surface area contributed by atoms with Crippen molar-refractivity contribution in [2.24, 2.45) is 0 Å². The van der Waals surface area contributed by atoms with E-state index in [9.17, 15) is 9.59 Å². The van der Waals surface area contributed by atoms with Crippen LogP contribution in [0.2, 0.25) is 0 Å². The Morgan fingerprint density at radius 3 is 2.48 bits per heavy atom. The van der Waals surface area contributed by atoms with Gasteiger partial charge in [0.15, 0.2) is 0 Å². The minimum Gasteiger partial charge on any atom is -0.457 e. The second-order valence-corrected chi connectivity index (χ2v) is 7.69. The van der Waals surface area contributed by atoms with E-state index in [0.29, 0.717) is 30.0 Å². The Balaban J connectivity index is 1.39. The summed E-state index contributed by atoms with van der Waals surface area (Å²) in [4.78, 5) is 28.6. The van der Waals surface area contributed by atoms with Gasteiger partial charge in [-0.15, -0.1) is 0 Å². The Kier molecular flexibility index (Phi) is 6.64. The summed E-state index contributed by atoms with van der Waals surface area (Å²) in [6, 6.07) is 22.8. The first-order valence-corrected chi connectivity index (χ1v) is 10.8. The molecule has 0 fully saturated rings. The molecule has 1 heterocycles. The molecule has 2 N–H and O–H groups in total. The third-order valence-electron chi connectivity index (χ3n) is 5.41. The highest BCUT2D eigenvalue weighted by Crippen LogP contribution is 2.24. The smallest absolute Gasteiger partial charge is 0.269 e. The molecule has 6 heteroatoms. The van der Waals surface area contributed by atoms with Crippen molar-refractivity contribution in [3.8, 4) is 11.5 Å². The van der Waals surface area contributed by atoms with Gasteiger partial charge in [-0.2, -0.15) is 0 Å². The molecular formula is C27H25N3O3. The third-order valence-corrected chi connectivity index (χ3v) is 5.41. The Labute approximate surface area is 192 Å². The Bertz CT molecular complexity index is 1320.